The number of nitrogens with one attached hydrogen (secondary N) is 1. The van der Waals surface area contributed by atoms with E-state index in [0.29, 0.717) is 12.6 Å². The van der Waals surface area contributed by atoms with Crippen LogP contribution < -0.4 is 5.32 Å². The van der Waals surface area contributed by atoms with Crippen molar-refractivity contribution >= 4 is 17.3 Å². The Bertz CT molecular complexity index is 685. The average molecular weight is 344 g/mol. The van der Waals surface area contributed by atoms with Crippen LogP contribution in [0.1, 0.15) is 37.3 Å². The number of nitrogens with zero attached hydrogens (tertiary/aromatic N) is 3. The first-order valence-corrected chi connectivity index (χ1v) is 8.68. The van der Waals surface area contributed by atoms with Crippen LogP contribution in [0, 0.1) is 0 Å². The molecule has 3 heterocycles. The van der Waals surface area contributed by atoms with Gasteiger partial charge in [-0.2, -0.15) is 0 Å². The van der Waals surface area contributed by atoms with Crippen LogP contribution in [-0.4, -0.2) is 39.3 Å². The summed E-state index contributed by atoms with van der Waals surface area (Å²) >= 11 is 5.63. The maximum Gasteiger partial charge on any atom is 0.170 e. The first kappa shape index (κ1) is 16.9. The highest BCUT2D eigenvalue weighted by Gasteiger charge is 2.42. The monoisotopic (exact) mass is 344 g/mol. The second-order valence-corrected chi connectivity index (χ2v) is 6.63. The number of pyridine rings is 1. The lowest BCUT2D eigenvalue weighted by molar-refractivity contribution is 0.182. The predicted molar refractivity (Wildman–Crippen MR) is 98.7 cm³/mol. The Morgan fingerprint density at radius 3 is 2.79 bits per heavy atom. The van der Waals surface area contributed by atoms with Crippen molar-refractivity contribution < 1.29 is 4.74 Å². The zero-order valence-electron chi connectivity index (χ0n) is 14.3. The number of rotatable bonds is 6. The maximum atomic E-state index is 5.63. The molecule has 2 aromatic rings. The van der Waals surface area contributed by atoms with E-state index in [0.717, 1.165) is 17.4 Å². The minimum absolute atomic E-state index is 0.0392. The molecule has 0 radical (unpaired) electrons. The van der Waals surface area contributed by atoms with E-state index in [2.05, 4.69) is 58.0 Å². The maximum absolute atomic E-state index is 5.63. The Hall–Kier alpha value is -1.92. The van der Waals surface area contributed by atoms with Gasteiger partial charge in [-0.3, -0.25) is 4.98 Å². The smallest absolute Gasteiger partial charge is 0.170 e. The Morgan fingerprint density at radius 2 is 2.12 bits per heavy atom. The lowest BCUT2D eigenvalue weighted by atomic mass is 10.0. The molecule has 2 aromatic heterocycles. The van der Waals surface area contributed by atoms with Crippen LogP contribution in [0.5, 0.6) is 0 Å². The molecule has 1 aliphatic heterocycles. The van der Waals surface area contributed by atoms with E-state index in [1.54, 1.807) is 7.11 Å². The van der Waals surface area contributed by atoms with Crippen molar-refractivity contribution in [3.05, 3.63) is 54.1 Å². The third-order valence-corrected chi connectivity index (χ3v) is 4.72. The van der Waals surface area contributed by atoms with Crippen LogP contribution in [0.25, 0.3) is 0 Å². The zero-order chi connectivity index (χ0) is 17.1. The van der Waals surface area contributed by atoms with Crippen molar-refractivity contribution in [2.24, 2.45) is 0 Å². The molecule has 6 heteroatoms. The van der Waals surface area contributed by atoms with Gasteiger partial charge in [0.1, 0.15) is 0 Å². The van der Waals surface area contributed by atoms with E-state index in [-0.39, 0.29) is 12.1 Å². The molecule has 0 aliphatic carbocycles. The number of thiocarbonyl (C=S) groups is 1. The highest BCUT2D eigenvalue weighted by molar-refractivity contribution is 7.80. The lowest BCUT2D eigenvalue weighted by Gasteiger charge is -2.31. The van der Waals surface area contributed by atoms with Gasteiger partial charge in [0, 0.05) is 37.8 Å². The van der Waals surface area contributed by atoms with E-state index in [4.69, 9.17) is 17.0 Å². The van der Waals surface area contributed by atoms with E-state index in [1.165, 1.54) is 5.69 Å². The van der Waals surface area contributed by atoms with Crippen LogP contribution in [-0.2, 0) is 11.3 Å². The van der Waals surface area contributed by atoms with Crippen LogP contribution in [0.3, 0.4) is 0 Å². The molecule has 1 saturated heterocycles. The van der Waals surface area contributed by atoms with Crippen LogP contribution in [0.4, 0.5) is 0 Å². The van der Waals surface area contributed by atoms with Crippen LogP contribution in [0.2, 0.25) is 0 Å². The summed E-state index contributed by atoms with van der Waals surface area (Å²) in [4.78, 5) is 6.83. The average Bonchev–Trinajstić information content (AvgIpc) is 3.17. The fourth-order valence-electron chi connectivity index (χ4n) is 3.33. The molecule has 128 valence electrons. The molecule has 0 amide bonds. The zero-order valence-corrected chi connectivity index (χ0v) is 15.2. The third-order valence-electron chi connectivity index (χ3n) is 4.40. The molecule has 1 N–H and O–H groups in total. The number of methoxy groups -OCH3 is 1. The lowest BCUT2D eigenvalue weighted by Crippen LogP contribution is -2.36. The van der Waals surface area contributed by atoms with Gasteiger partial charge in [0.2, 0.25) is 0 Å². The number of hydrogen-bond donors (Lipinski definition) is 1. The van der Waals surface area contributed by atoms with Gasteiger partial charge in [-0.05, 0) is 50.3 Å². The summed E-state index contributed by atoms with van der Waals surface area (Å²) in [5.74, 6) is 0. The summed E-state index contributed by atoms with van der Waals surface area (Å²) in [5, 5.41) is 4.26. The molecule has 0 bridgehead atoms. The molecule has 1 fully saturated rings. The molecule has 0 aromatic carbocycles. The van der Waals surface area contributed by atoms with Gasteiger partial charge in [0.15, 0.2) is 5.11 Å². The largest absolute Gasteiger partial charge is 0.383 e. The van der Waals surface area contributed by atoms with Crippen LogP contribution in [0.15, 0.2) is 42.7 Å². The predicted octanol–water partition coefficient (Wildman–Crippen LogP) is 2.91. The highest BCUT2D eigenvalue weighted by atomic mass is 32.1. The van der Waals surface area contributed by atoms with Gasteiger partial charge in [0.25, 0.3) is 0 Å². The standard InChI is InChI=1S/C18H24N4OS/c1-13(2)22-17(15-8-6-10-21(15)11-12-23-3)16(20-18(22)24)14-7-4-5-9-19-14/h4-10,13,16-17H,11-12H2,1-3H3,(H,20,24)/t16-,17+/m1/s1. The molecule has 0 spiro atoms. The molecule has 3 rings (SSSR count). The quantitative estimate of drug-likeness (QED) is 0.816. The van der Waals surface area contributed by atoms with Crippen molar-refractivity contribution in [2.75, 3.05) is 13.7 Å². The Balaban J connectivity index is 2.01. The van der Waals surface area contributed by atoms with E-state index in [1.807, 2.05) is 18.3 Å². The topological polar surface area (TPSA) is 42.3 Å². The normalized spacial score (nSPS) is 20.7. The van der Waals surface area contributed by atoms with Gasteiger partial charge >= 0.3 is 0 Å². The van der Waals surface area contributed by atoms with Gasteiger partial charge in [-0.1, -0.05) is 6.07 Å². The fraction of sp³-hybridized carbons (Fsp3) is 0.444. The first-order chi connectivity index (χ1) is 11.6. The molecule has 5 nitrogen and oxygen atoms in total. The van der Waals surface area contributed by atoms with Gasteiger partial charge in [-0.15, -0.1) is 0 Å². The van der Waals surface area contributed by atoms with Crippen molar-refractivity contribution in [1.29, 1.82) is 0 Å². The van der Waals surface area contributed by atoms with Crippen molar-refractivity contribution in [3.63, 3.8) is 0 Å². The SMILES string of the molecule is COCCn1cccc1[C@H]1[C@@H](c2ccccn2)NC(=S)N1C(C)C. The first-order valence-electron chi connectivity index (χ1n) is 8.27. The van der Waals surface area contributed by atoms with E-state index < -0.39 is 0 Å². The summed E-state index contributed by atoms with van der Waals surface area (Å²) in [7, 11) is 1.73. The molecule has 1 aliphatic rings. The summed E-state index contributed by atoms with van der Waals surface area (Å²) in [6.45, 7) is 5.85. The minimum atomic E-state index is 0.0392. The summed E-state index contributed by atoms with van der Waals surface area (Å²) in [5.41, 5.74) is 2.23. The van der Waals surface area contributed by atoms with Crippen molar-refractivity contribution in [2.45, 2.75) is 38.5 Å². The van der Waals surface area contributed by atoms with Gasteiger partial charge < -0.3 is 19.5 Å². The fourth-order valence-corrected chi connectivity index (χ4v) is 3.78. The summed E-state index contributed by atoms with van der Waals surface area (Å²) in [6, 6.07) is 10.7. The molecular weight excluding hydrogens is 320 g/mol. The second kappa shape index (κ2) is 7.32. The molecule has 24 heavy (non-hydrogen) atoms. The number of ether oxygens (including phenoxy) is 1. The molecular formula is C18H24N4OS. The van der Waals surface area contributed by atoms with Crippen molar-refractivity contribution in [1.82, 2.24) is 19.8 Å². The van der Waals surface area contributed by atoms with Crippen molar-refractivity contribution in [3.8, 4) is 0 Å². The number of hydrogen-bond acceptors (Lipinski definition) is 3. The highest BCUT2D eigenvalue weighted by Crippen LogP contribution is 2.39. The molecule has 2 atom stereocenters. The minimum Gasteiger partial charge on any atom is -0.383 e. The van der Waals surface area contributed by atoms with Crippen LogP contribution >= 0.6 is 12.2 Å². The van der Waals surface area contributed by atoms with E-state index in [9.17, 15) is 0 Å². The molecule has 0 saturated carbocycles. The summed E-state index contributed by atoms with van der Waals surface area (Å²) < 4.78 is 7.50. The summed E-state index contributed by atoms with van der Waals surface area (Å²) in [6.07, 6.45) is 3.93. The Kier molecular flexibility index (Phi) is 5.16. The number of aromatic nitrogens is 2. The Labute approximate surface area is 148 Å². The third kappa shape index (κ3) is 3.16. The van der Waals surface area contributed by atoms with E-state index >= 15 is 0 Å². The van der Waals surface area contributed by atoms with Gasteiger partial charge in [-0.25, -0.2) is 0 Å². The molecule has 0 unspecified atom stereocenters. The van der Waals surface area contributed by atoms with Gasteiger partial charge in [0.05, 0.1) is 24.4 Å². The Morgan fingerprint density at radius 1 is 1.29 bits per heavy atom. The second-order valence-electron chi connectivity index (χ2n) is 6.25.